The van der Waals surface area contributed by atoms with Gasteiger partial charge in [-0.3, -0.25) is 0 Å². The predicted molar refractivity (Wildman–Crippen MR) is 90.5 cm³/mol. The van der Waals surface area contributed by atoms with Crippen LogP contribution in [-0.4, -0.2) is 44.1 Å². The first-order valence-electron chi connectivity index (χ1n) is 8.20. The Morgan fingerprint density at radius 2 is 2.09 bits per heavy atom. The van der Waals surface area contributed by atoms with E-state index >= 15 is 0 Å². The Labute approximate surface area is 134 Å². The summed E-state index contributed by atoms with van der Waals surface area (Å²) >= 11 is 0. The van der Waals surface area contributed by atoms with Crippen molar-refractivity contribution in [2.24, 2.45) is 0 Å². The van der Waals surface area contributed by atoms with Crippen LogP contribution >= 0.6 is 0 Å². The Morgan fingerprint density at radius 3 is 2.87 bits per heavy atom. The van der Waals surface area contributed by atoms with Crippen molar-refractivity contribution in [3.63, 3.8) is 0 Å². The Kier molecular flexibility index (Phi) is 3.57. The molecule has 1 fully saturated rings. The largest absolute Gasteiger partial charge is 0.351 e. The minimum absolute atomic E-state index is 0.237. The molecule has 0 aliphatic carbocycles. The van der Waals surface area contributed by atoms with Crippen LogP contribution in [0.5, 0.6) is 0 Å². The summed E-state index contributed by atoms with van der Waals surface area (Å²) in [5, 5.41) is 16.4. The quantitative estimate of drug-likeness (QED) is 0.771. The van der Waals surface area contributed by atoms with Crippen LogP contribution in [0.2, 0.25) is 0 Å². The average molecular weight is 311 g/mol. The second kappa shape index (κ2) is 5.73. The first-order valence-corrected chi connectivity index (χ1v) is 8.20. The maximum Gasteiger partial charge on any atom is 0.223 e. The van der Waals surface area contributed by atoms with Crippen LogP contribution in [0.3, 0.4) is 0 Å². The molecule has 120 valence electrons. The van der Waals surface area contributed by atoms with Crippen LogP contribution in [0.1, 0.15) is 32.7 Å². The number of fused-ring (bicyclic) bond motifs is 3. The average Bonchev–Trinajstić information content (AvgIpc) is 3.00. The van der Waals surface area contributed by atoms with Gasteiger partial charge < -0.3 is 10.6 Å². The second-order valence-corrected chi connectivity index (χ2v) is 6.36. The Balaban J connectivity index is 1.79. The Morgan fingerprint density at radius 1 is 1.26 bits per heavy atom. The van der Waals surface area contributed by atoms with Crippen molar-refractivity contribution in [2.45, 2.75) is 38.8 Å². The zero-order valence-electron chi connectivity index (χ0n) is 13.5. The molecule has 0 radical (unpaired) electrons. The Bertz CT molecular complexity index is 833. The van der Waals surface area contributed by atoms with Crippen molar-refractivity contribution >= 4 is 27.9 Å². The van der Waals surface area contributed by atoms with Gasteiger partial charge in [0.2, 0.25) is 5.95 Å². The van der Waals surface area contributed by atoms with E-state index in [1.807, 2.05) is 23.0 Å². The topological polar surface area (TPSA) is 80.5 Å². The van der Waals surface area contributed by atoms with Crippen LogP contribution in [0.25, 0.3) is 21.9 Å². The lowest BCUT2D eigenvalue weighted by Gasteiger charge is -2.23. The second-order valence-electron chi connectivity index (χ2n) is 6.36. The fraction of sp³-hybridized carbons (Fsp3) is 0.500. The van der Waals surface area contributed by atoms with Crippen molar-refractivity contribution in [1.82, 2.24) is 30.3 Å². The molecule has 7 nitrogen and oxygen atoms in total. The molecule has 23 heavy (non-hydrogen) atoms. The highest BCUT2D eigenvalue weighted by atomic mass is 15.4. The molecule has 0 atom stereocenters. The zero-order valence-corrected chi connectivity index (χ0v) is 13.5. The van der Waals surface area contributed by atoms with E-state index in [1.165, 1.54) is 0 Å². The van der Waals surface area contributed by atoms with Crippen LogP contribution in [0, 0.1) is 0 Å². The minimum atomic E-state index is 0.237. The van der Waals surface area contributed by atoms with Crippen LogP contribution in [0.4, 0.5) is 5.95 Å². The molecule has 0 unspecified atom stereocenters. The summed E-state index contributed by atoms with van der Waals surface area (Å²) in [6, 6.07) is 4.65. The maximum absolute atomic E-state index is 4.77. The van der Waals surface area contributed by atoms with Gasteiger partial charge >= 0.3 is 0 Å². The molecular formula is C16H21N7. The van der Waals surface area contributed by atoms with E-state index in [2.05, 4.69) is 39.8 Å². The summed E-state index contributed by atoms with van der Waals surface area (Å²) in [5.41, 5.74) is 2.76. The SMILES string of the molecule is CC(C)n1nnc2ccc3cnc(NC4CCNCC4)nc3c21. The number of nitrogens with zero attached hydrogens (tertiary/aromatic N) is 5. The van der Waals surface area contributed by atoms with E-state index in [0.29, 0.717) is 12.0 Å². The summed E-state index contributed by atoms with van der Waals surface area (Å²) < 4.78 is 1.93. The van der Waals surface area contributed by atoms with Gasteiger partial charge in [0.05, 0.1) is 0 Å². The first kappa shape index (κ1) is 14.3. The van der Waals surface area contributed by atoms with E-state index in [1.54, 1.807) is 0 Å². The fourth-order valence-corrected chi connectivity index (χ4v) is 3.10. The molecule has 2 aromatic heterocycles. The third-order valence-electron chi connectivity index (χ3n) is 4.34. The number of anilines is 1. The van der Waals surface area contributed by atoms with E-state index in [9.17, 15) is 0 Å². The monoisotopic (exact) mass is 311 g/mol. The molecule has 1 aliphatic rings. The number of piperidine rings is 1. The molecule has 0 spiro atoms. The molecule has 4 rings (SSSR count). The van der Waals surface area contributed by atoms with Gasteiger partial charge in [0.25, 0.3) is 0 Å². The van der Waals surface area contributed by atoms with Gasteiger partial charge in [-0.1, -0.05) is 5.21 Å². The number of hydrogen-bond acceptors (Lipinski definition) is 6. The predicted octanol–water partition coefficient (Wildman–Crippen LogP) is 2.12. The van der Waals surface area contributed by atoms with E-state index in [4.69, 9.17) is 4.98 Å². The van der Waals surface area contributed by atoms with Crippen LogP contribution in [0.15, 0.2) is 18.3 Å². The molecular weight excluding hydrogens is 290 g/mol. The van der Waals surface area contributed by atoms with Gasteiger partial charge in [0.1, 0.15) is 16.6 Å². The van der Waals surface area contributed by atoms with Gasteiger partial charge in [-0.15, -0.1) is 5.10 Å². The summed E-state index contributed by atoms with van der Waals surface area (Å²) in [5.74, 6) is 0.688. The highest BCUT2D eigenvalue weighted by molar-refractivity contribution is 6.01. The van der Waals surface area contributed by atoms with Crippen molar-refractivity contribution in [1.29, 1.82) is 0 Å². The van der Waals surface area contributed by atoms with Gasteiger partial charge in [0, 0.05) is 23.7 Å². The summed E-state index contributed by atoms with van der Waals surface area (Å²) in [7, 11) is 0. The molecule has 1 saturated heterocycles. The summed E-state index contributed by atoms with van der Waals surface area (Å²) in [4.78, 5) is 9.24. The highest BCUT2D eigenvalue weighted by Gasteiger charge is 2.16. The van der Waals surface area contributed by atoms with Gasteiger partial charge in [0.15, 0.2) is 0 Å². The highest BCUT2D eigenvalue weighted by Crippen LogP contribution is 2.25. The van der Waals surface area contributed by atoms with E-state index in [-0.39, 0.29) is 6.04 Å². The molecule has 2 N–H and O–H groups in total. The minimum Gasteiger partial charge on any atom is -0.351 e. The van der Waals surface area contributed by atoms with Crippen molar-refractivity contribution in [3.05, 3.63) is 18.3 Å². The number of aromatic nitrogens is 5. The first-order chi connectivity index (χ1) is 11.2. The molecule has 1 aromatic carbocycles. The molecule has 7 heteroatoms. The number of rotatable bonds is 3. The maximum atomic E-state index is 4.77. The lowest BCUT2D eigenvalue weighted by atomic mass is 10.1. The zero-order chi connectivity index (χ0) is 15.8. The van der Waals surface area contributed by atoms with Crippen LogP contribution in [-0.2, 0) is 0 Å². The van der Waals surface area contributed by atoms with E-state index in [0.717, 1.165) is 47.9 Å². The molecule has 1 aliphatic heterocycles. The number of benzene rings is 1. The molecule has 0 amide bonds. The molecule has 0 bridgehead atoms. The van der Waals surface area contributed by atoms with Gasteiger partial charge in [-0.2, -0.15) is 0 Å². The number of nitrogens with one attached hydrogen (secondary N) is 2. The van der Waals surface area contributed by atoms with Gasteiger partial charge in [-0.25, -0.2) is 14.6 Å². The van der Waals surface area contributed by atoms with Crippen LogP contribution < -0.4 is 10.6 Å². The Hall–Kier alpha value is -2.28. The van der Waals surface area contributed by atoms with Crippen molar-refractivity contribution < 1.29 is 0 Å². The van der Waals surface area contributed by atoms with E-state index < -0.39 is 0 Å². The standard InChI is InChI=1S/C16H21N7/c1-10(2)23-15-13(21-22-23)4-3-11-9-18-16(20-14(11)15)19-12-5-7-17-8-6-12/h3-4,9-10,12,17H,5-8H2,1-2H3,(H,18,19,20). The third kappa shape index (κ3) is 2.61. The molecule has 3 heterocycles. The summed E-state index contributed by atoms with van der Waals surface area (Å²) in [6.07, 6.45) is 4.07. The molecule has 0 saturated carbocycles. The fourth-order valence-electron chi connectivity index (χ4n) is 3.10. The van der Waals surface area contributed by atoms with Crippen molar-refractivity contribution in [3.8, 4) is 0 Å². The van der Waals surface area contributed by atoms with Crippen molar-refractivity contribution in [2.75, 3.05) is 18.4 Å². The normalized spacial score (nSPS) is 16.5. The smallest absolute Gasteiger partial charge is 0.223 e. The lowest BCUT2D eigenvalue weighted by Crippen LogP contribution is -2.35. The number of hydrogen-bond donors (Lipinski definition) is 2. The lowest BCUT2D eigenvalue weighted by molar-refractivity contribution is 0.477. The van der Waals surface area contributed by atoms with Gasteiger partial charge in [-0.05, 0) is 51.9 Å². The third-order valence-corrected chi connectivity index (χ3v) is 4.34. The summed E-state index contributed by atoms with van der Waals surface area (Å²) in [6.45, 7) is 6.28. The molecule has 3 aromatic rings.